The molecule has 3 rings (SSSR count). The maximum atomic E-state index is 12.5. The van der Waals surface area contributed by atoms with Crippen molar-refractivity contribution in [3.05, 3.63) is 29.8 Å². The van der Waals surface area contributed by atoms with Crippen LogP contribution in [-0.2, 0) is 4.79 Å². The van der Waals surface area contributed by atoms with Crippen LogP contribution in [0.5, 0.6) is 5.75 Å². The highest BCUT2D eigenvalue weighted by molar-refractivity contribution is 5.92. The Labute approximate surface area is 136 Å². The van der Waals surface area contributed by atoms with Crippen LogP contribution in [0.3, 0.4) is 0 Å². The summed E-state index contributed by atoms with van der Waals surface area (Å²) in [5.74, 6) is 0.863. The second-order valence-electron chi connectivity index (χ2n) is 6.52. The van der Waals surface area contributed by atoms with E-state index in [1.807, 2.05) is 4.90 Å². The van der Waals surface area contributed by atoms with E-state index in [4.69, 9.17) is 10.5 Å². The van der Waals surface area contributed by atoms with Gasteiger partial charge in [0.2, 0.25) is 5.91 Å². The van der Waals surface area contributed by atoms with Gasteiger partial charge in [0.05, 0.1) is 0 Å². The van der Waals surface area contributed by atoms with Crippen molar-refractivity contribution in [3.63, 3.8) is 0 Å². The van der Waals surface area contributed by atoms with Gasteiger partial charge in [0.25, 0.3) is 5.91 Å². The molecule has 2 aliphatic rings. The number of benzene rings is 1. The zero-order chi connectivity index (χ0) is 16.2. The molecular formula is C18H24N2O3. The van der Waals surface area contributed by atoms with Gasteiger partial charge in [0.1, 0.15) is 5.75 Å². The van der Waals surface area contributed by atoms with Crippen LogP contribution in [0.4, 0.5) is 0 Å². The monoisotopic (exact) mass is 316 g/mol. The van der Waals surface area contributed by atoms with E-state index >= 15 is 0 Å². The Hall–Kier alpha value is -2.04. The van der Waals surface area contributed by atoms with E-state index < -0.39 is 5.91 Å². The van der Waals surface area contributed by atoms with E-state index in [1.54, 1.807) is 24.3 Å². The molecule has 2 N–H and O–H groups in total. The molecule has 0 bridgehead atoms. The molecule has 1 aromatic rings. The lowest BCUT2D eigenvalue weighted by atomic mass is 9.78. The largest absolute Gasteiger partial charge is 0.484 e. The van der Waals surface area contributed by atoms with Crippen molar-refractivity contribution in [1.29, 1.82) is 0 Å². The summed E-state index contributed by atoms with van der Waals surface area (Å²) in [7, 11) is 0. The zero-order valence-electron chi connectivity index (χ0n) is 13.4. The van der Waals surface area contributed by atoms with Crippen LogP contribution in [0, 0.1) is 5.92 Å². The van der Waals surface area contributed by atoms with Crippen LogP contribution in [0.25, 0.3) is 0 Å². The number of piperidine rings is 1. The number of nitrogens with zero attached hydrogens (tertiary/aromatic N) is 1. The first-order chi connectivity index (χ1) is 11.1. The van der Waals surface area contributed by atoms with E-state index in [2.05, 4.69) is 0 Å². The van der Waals surface area contributed by atoms with Gasteiger partial charge in [-0.2, -0.15) is 0 Å². The van der Waals surface area contributed by atoms with Gasteiger partial charge in [0.15, 0.2) is 6.61 Å². The topological polar surface area (TPSA) is 72.6 Å². The Morgan fingerprint density at radius 2 is 1.78 bits per heavy atom. The number of rotatable bonds is 4. The number of likely N-dealkylation sites (tertiary alicyclic amines) is 1. The number of hydrogen-bond donors (Lipinski definition) is 1. The van der Waals surface area contributed by atoms with Crippen LogP contribution in [0.1, 0.15) is 48.9 Å². The summed E-state index contributed by atoms with van der Waals surface area (Å²) in [6.07, 6.45) is 7.25. The Morgan fingerprint density at radius 3 is 2.52 bits per heavy atom. The molecule has 1 aliphatic heterocycles. The van der Waals surface area contributed by atoms with Gasteiger partial charge in [-0.25, -0.2) is 0 Å². The molecule has 0 aromatic heterocycles. The highest BCUT2D eigenvalue weighted by atomic mass is 16.5. The lowest BCUT2D eigenvalue weighted by molar-refractivity contribution is -0.139. The molecule has 2 atom stereocenters. The minimum Gasteiger partial charge on any atom is -0.484 e. The standard InChI is InChI=1S/C18H24N2O3/c19-18(22)14-7-9-15(10-8-14)23-12-17(21)20-11-3-5-13-4-1-2-6-16(13)20/h7-10,13,16H,1-6,11-12H2,(H2,19,22)/t13-,16-/m1/s1. The van der Waals surface area contributed by atoms with E-state index in [1.165, 1.54) is 25.7 Å². The SMILES string of the molecule is NC(=O)c1ccc(OCC(=O)N2CCC[C@H]3CCCC[C@H]32)cc1. The van der Waals surface area contributed by atoms with E-state index in [-0.39, 0.29) is 12.5 Å². The molecule has 1 heterocycles. The average Bonchev–Trinajstić information content (AvgIpc) is 2.59. The van der Waals surface area contributed by atoms with Crippen LogP contribution >= 0.6 is 0 Å². The molecular weight excluding hydrogens is 292 g/mol. The molecule has 0 spiro atoms. The van der Waals surface area contributed by atoms with Gasteiger partial charge >= 0.3 is 0 Å². The van der Waals surface area contributed by atoms with Crippen LogP contribution in [0.2, 0.25) is 0 Å². The van der Waals surface area contributed by atoms with E-state index in [0.717, 1.165) is 19.4 Å². The lowest BCUT2D eigenvalue weighted by Gasteiger charge is -2.44. The Morgan fingerprint density at radius 1 is 1.09 bits per heavy atom. The quantitative estimate of drug-likeness (QED) is 0.926. The van der Waals surface area contributed by atoms with Crippen LogP contribution in [0.15, 0.2) is 24.3 Å². The first-order valence-corrected chi connectivity index (χ1v) is 8.47. The molecule has 1 aromatic carbocycles. The average molecular weight is 316 g/mol. The second kappa shape index (κ2) is 7.02. The highest BCUT2D eigenvalue weighted by Crippen LogP contribution is 2.35. The van der Waals surface area contributed by atoms with Gasteiger partial charge in [-0.3, -0.25) is 9.59 Å². The fourth-order valence-corrected chi connectivity index (χ4v) is 3.88. The second-order valence-corrected chi connectivity index (χ2v) is 6.52. The Bertz CT molecular complexity index is 568. The molecule has 1 saturated heterocycles. The summed E-state index contributed by atoms with van der Waals surface area (Å²) >= 11 is 0. The number of carbonyl (C=O) groups excluding carboxylic acids is 2. The number of hydrogen-bond acceptors (Lipinski definition) is 3. The fourth-order valence-electron chi connectivity index (χ4n) is 3.88. The first-order valence-electron chi connectivity index (χ1n) is 8.47. The van der Waals surface area contributed by atoms with Crippen molar-refractivity contribution >= 4 is 11.8 Å². The fraction of sp³-hybridized carbons (Fsp3) is 0.556. The number of nitrogens with two attached hydrogens (primary N) is 1. The third kappa shape index (κ3) is 3.66. The molecule has 23 heavy (non-hydrogen) atoms. The Kier molecular flexibility index (Phi) is 4.84. The van der Waals surface area contributed by atoms with Gasteiger partial charge in [-0.05, 0) is 55.9 Å². The summed E-state index contributed by atoms with van der Waals surface area (Å²) in [5.41, 5.74) is 5.64. The zero-order valence-corrected chi connectivity index (χ0v) is 13.4. The maximum Gasteiger partial charge on any atom is 0.260 e. The van der Waals surface area contributed by atoms with E-state index in [9.17, 15) is 9.59 Å². The minimum atomic E-state index is -0.468. The molecule has 124 valence electrons. The summed E-state index contributed by atoms with van der Waals surface area (Å²) in [5, 5.41) is 0. The number of amides is 2. The van der Waals surface area contributed by atoms with Crippen molar-refractivity contribution in [2.45, 2.75) is 44.6 Å². The minimum absolute atomic E-state index is 0.0547. The highest BCUT2D eigenvalue weighted by Gasteiger charge is 2.35. The molecule has 2 fully saturated rings. The predicted octanol–water partition coefficient (Wildman–Crippen LogP) is 2.35. The molecule has 5 nitrogen and oxygen atoms in total. The predicted molar refractivity (Wildman–Crippen MR) is 87.1 cm³/mol. The third-order valence-corrected chi connectivity index (χ3v) is 5.06. The molecule has 0 unspecified atom stereocenters. The van der Waals surface area contributed by atoms with E-state index in [0.29, 0.717) is 23.3 Å². The molecule has 2 amide bonds. The number of primary amides is 1. The number of carbonyl (C=O) groups is 2. The third-order valence-electron chi connectivity index (χ3n) is 5.06. The van der Waals surface area contributed by atoms with Crippen molar-refractivity contribution in [3.8, 4) is 5.75 Å². The molecule has 1 aliphatic carbocycles. The summed E-state index contributed by atoms with van der Waals surface area (Å²) in [4.78, 5) is 25.6. The van der Waals surface area contributed by atoms with Crippen molar-refractivity contribution in [2.75, 3.05) is 13.2 Å². The van der Waals surface area contributed by atoms with Gasteiger partial charge in [-0.1, -0.05) is 12.8 Å². The molecule has 0 radical (unpaired) electrons. The summed E-state index contributed by atoms with van der Waals surface area (Å²) in [6.45, 7) is 0.906. The smallest absolute Gasteiger partial charge is 0.260 e. The summed E-state index contributed by atoms with van der Waals surface area (Å²) < 4.78 is 5.59. The first kappa shape index (κ1) is 15.8. The van der Waals surface area contributed by atoms with Gasteiger partial charge < -0.3 is 15.4 Å². The number of fused-ring (bicyclic) bond motifs is 1. The van der Waals surface area contributed by atoms with Crippen molar-refractivity contribution < 1.29 is 14.3 Å². The van der Waals surface area contributed by atoms with Crippen LogP contribution < -0.4 is 10.5 Å². The molecule has 1 saturated carbocycles. The lowest BCUT2D eigenvalue weighted by Crippen LogP contribution is -2.51. The normalized spacial score (nSPS) is 23.9. The number of ether oxygens (including phenoxy) is 1. The van der Waals surface area contributed by atoms with Crippen molar-refractivity contribution in [1.82, 2.24) is 4.90 Å². The summed E-state index contributed by atoms with van der Waals surface area (Å²) in [6, 6.07) is 6.98. The Balaban J connectivity index is 1.57. The molecule has 5 heteroatoms. The van der Waals surface area contributed by atoms with Crippen molar-refractivity contribution in [2.24, 2.45) is 11.7 Å². The van der Waals surface area contributed by atoms with Gasteiger partial charge in [0, 0.05) is 18.2 Å². The van der Waals surface area contributed by atoms with Crippen LogP contribution in [-0.4, -0.2) is 35.9 Å². The maximum absolute atomic E-state index is 12.5. The van der Waals surface area contributed by atoms with Gasteiger partial charge in [-0.15, -0.1) is 0 Å².